The monoisotopic (exact) mass is 1180 g/mol. The van der Waals surface area contributed by atoms with Gasteiger partial charge in [0.1, 0.15) is 0 Å². The van der Waals surface area contributed by atoms with Gasteiger partial charge in [-0.15, -0.1) is 0 Å². The first kappa shape index (κ1) is 82.1. The fourth-order valence-corrected chi connectivity index (χ4v) is 12.1. The molecular weight excluding hydrogens is 1030 g/mol. The Kier molecular flexibility index (Phi) is 71.9. The molecule has 0 aromatic rings. The second-order valence-corrected chi connectivity index (χ2v) is 26.3. The lowest BCUT2D eigenvalue weighted by atomic mass is 10.0. The van der Waals surface area contributed by atoms with Crippen molar-refractivity contribution in [1.82, 2.24) is 5.32 Å². The molecule has 496 valence electrons. The van der Waals surface area contributed by atoms with Gasteiger partial charge in [0.25, 0.3) is 0 Å². The molecule has 1 amide bonds. The molecule has 0 saturated carbocycles. The summed E-state index contributed by atoms with van der Waals surface area (Å²) in [4.78, 5) is 24.6. The number of carbonyl (C=O) groups excluding carboxylic acids is 2. The van der Waals surface area contributed by atoms with Crippen molar-refractivity contribution < 1.29 is 24.5 Å². The van der Waals surface area contributed by atoms with E-state index >= 15 is 0 Å². The van der Waals surface area contributed by atoms with Gasteiger partial charge >= 0.3 is 5.97 Å². The third kappa shape index (κ3) is 69.2. The van der Waals surface area contributed by atoms with E-state index in [1.807, 2.05) is 0 Å². The van der Waals surface area contributed by atoms with E-state index < -0.39 is 12.1 Å². The Balaban J connectivity index is 3.37. The van der Waals surface area contributed by atoms with Crippen LogP contribution in [0.25, 0.3) is 0 Å². The van der Waals surface area contributed by atoms with Gasteiger partial charge < -0.3 is 20.3 Å². The molecule has 0 aliphatic heterocycles. The normalized spacial score (nSPS) is 12.7. The minimum absolute atomic E-state index is 0.0115. The number of ether oxygens (including phenoxy) is 1. The Morgan fingerprint density at radius 3 is 0.917 bits per heavy atom. The number of hydrogen-bond donors (Lipinski definition) is 3. The first-order valence-electron chi connectivity index (χ1n) is 38.2. The number of esters is 1. The zero-order chi connectivity index (χ0) is 60.6. The minimum atomic E-state index is -0.663. The van der Waals surface area contributed by atoms with Crippen LogP contribution in [0.5, 0.6) is 0 Å². The van der Waals surface area contributed by atoms with Crippen molar-refractivity contribution >= 4 is 11.9 Å². The molecule has 6 heteroatoms. The molecule has 0 aromatic carbocycles. The van der Waals surface area contributed by atoms with E-state index in [4.69, 9.17) is 4.74 Å². The van der Waals surface area contributed by atoms with Crippen molar-refractivity contribution in [3.8, 4) is 0 Å². The summed E-state index contributed by atoms with van der Waals surface area (Å²) < 4.78 is 5.50. The molecule has 0 bridgehead atoms. The molecule has 0 rings (SSSR count). The van der Waals surface area contributed by atoms with Crippen LogP contribution in [0.3, 0.4) is 0 Å². The molecule has 6 nitrogen and oxygen atoms in total. The Morgan fingerprint density at radius 1 is 0.333 bits per heavy atom. The standard InChI is InChI=1S/C78H149NO5/c1-3-5-7-9-11-13-15-17-19-38-42-46-50-54-58-62-66-70-76(81)75(74-80)79-77(82)71-67-63-59-55-51-47-43-40-36-34-32-30-28-26-24-22-21-23-25-27-29-31-33-35-37-41-45-49-53-57-61-65-69-73-84-78(83)72-68-64-60-56-52-48-44-39-20-18-16-14-12-10-8-6-4-2/h18,20,25,27,31,33,75-76,80-81H,3-17,19,21-24,26,28-30,32,34-74H2,1-2H3,(H,79,82)/b20-18-,27-25-,33-31-. The average Bonchev–Trinajstić information content (AvgIpc) is 3.51. The Morgan fingerprint density at radius 2 is 0.595 bits per heavy atom. The molecular formula is C78H149NO5. The predicted octanol–water partition coefficient (Wildman–Crippen LogP) is 25.0. The minimum Gasteiger partial charge on any atom is -0.466 e. The third-order valence-corrected chi connectivity index (χ3v) is 17.9. The highest BCUT2D eigenvalue weighted by molar-refractivity contribution is 5.76. The molecule has 0 fully saturated rings. The first-order chi connectivity index (χ1) is 41.5. The quantitative estimate of drug-likeness (QED) is 0.0320. The van der Waals surface area contributed by atoms with E-state index in [1.165, 1.54) is 340 Å². The number of aliphatic hydroxyl groups excluding tert-OH is 2. The van der Waals surface area contributed by atoms with Crippen LogP contribution in [0.15, 0.2) is 36.5 Å². The number of rotatable bonds is 72. The summed E-state index contributed by atoms with van der Waals surface area (Å²) in [6, 6.07) is -0.541. The van der Waals surface area contributed by atoms with E-state index in [1.54, 1.807) is 0 Å². The van der Waals surface area contributed by atoms with Crippen LogP contribution in [-0.4, -0.2) is 47.4 Å². The van der Waals surface area contributed by atoms with E-state index in [9.17, 15) is 19.8 Å². The van der Waals surface area contributed by atoms with Crippen LogP contribution in [0.2, 0.25) is 0 Å². The number of nitrogens with one attached hydrogen (secondary N) is 1. The summed E-state index contributed by atoms with van der Waals surface area (Å²) >= 11 is 0. The Labute approximate surface area is 525 Å². The smallest absolute Gasteiger partial charge is 0.305 e. The summed E-state index contributed by atoms with van der Waals surface area (Å²) in [6.07, 6.45) is 95.1. The zero-order valence-electron chi connectivity index (χ0n) is 56.9. The zero-order valence-corrected chi connectivity index (χ0v) is 56.9. The molecule has 0 spiro atoms. The van der Waals surface area contributed by atoms with Gasteiger partial charge in [-0.3, -0.25) is 9.59 Å². The van der Waals surface area contributed by atoms with Gasteiger partial charge in [0, 0.05) is 12.8 Å². The largest absolute Gasteiger partial charge is 0.466 e. The van der Waals surface area contributed by atoms with Gasteiger partial charge in [0.2, 0.25) is 5.91 Å². The van der Waals surface area contributed by atoms with Crippen molar-refractivity contribution in [2.75, 3.05) is 13.2 Å². The molecule has 0 aromatic heterocycles. The van der Waals surface area contributed by atoms with Crippen molar-refractivity contribution in [3.05, 3.63) is 36.5 Å². The number of unbranched alkanes of at least 4 members (excludes halogenated alkanes) is 55. The lowest BCUT2D eigenvalue weighted by Gasteiger charge is -2.22. The maximum atomic E-state index is 12.5. The van der Waals surface area contributed by atoms with E-state index in [2.05, 4.69) is 55.6 Å². The van der Waals surface area contributed by atoms with Crippen LogP contribution in [0, 0.1) is 0 Å². The number of aliphatic hydroxyl groups is 2. The fraction of sp³-hybridized carbons (Fsp3) is 0.897. The predicted molar refractivity (Wildman–Crippen MR) is 370 cm³/mol. The van der Waals surface area contributed by atoms with Crippen LogP contribution < -0.4 is 5.32 Å². The SMILES string of the molecule is CCCCCCCC/C=C\CCCCCCCCCC(=O)OCCCCCCCCCCC/C=C\C/C=C\CCCCCCCCCCCCCCCCCCCC(=O)NC(CO)C(O)CCCCCCCCCCCCCCCCCCC. The first-order valence-corrected chi connectivity index (χ1v) is 38.2. The van der Waals surface area contributed by atoms with Crippen molar-refractivity contribution in [2.24, 2.45) is 0 Å². The van der Waals surface area contributed by atoms with Crippen molar-refractivity contribution in [3.63, 3.8) is 0 Å². The Bertz CT molecular complexity index is 1360. The third-order valence-electron chi connectivity index (χ3n) is 17.9. The van der Waals surface area contributed by atoms with Crippen LogP contribution in [-0.2, 0) is 14.3 Å². The Hall–Kier alpha value is -1.92. The summed E-state index contributed by atoms with van der Waals surface area (Å²) in [5.74, 6) is -0.0179. The molecule has 0 heterocycles. The summed E-state index contributed by atoms with van der Waals surface area (Å²) in [6.45, 7) is 4.98. The lowest BCUT2D eigenvalue weighted by molar-refractivity contribution is -0.143. The molecule has 84 heavy (non-hydrogen) atoms. The highest BCUT2D eigenvalue weighted by atomic mass is 16.5. The van der Waals surface area contributed by atoms with E-state index in [-0.39, 0.29) is 18.5 Å². The maximum Gasteiger partial charge on any atom is 0.305 e. The van der Waals surface area contributed by atoms with E-state index in [0.29, 0.717) is 25.9 Å². The molecule has 3 N–H and O–H groups in total. The molecule has 2 unspecified atom stereocenters. The number of carbonyl (C=O) groups is 2. The highest BCUT2D eigenvalue weighted by Crippen LogP contribution is 2.19. The topological polar surface area (TPSA) is 95.9 Å². The van der Waals surface area contributed by atoms with Crippen molar-refractivity contribution in [2.45, 2.75) is 437 Å². The molecule has 0 aliphatic carbocycles. The summed E-state index contributed by atoms with van der Waals surface area (Å²) in [5, 5.41) is 23.4. The fourth-order valence-electron chi connectivity index (χ4n) is 12.1. The van der Waals surface area contributed by atoms with Gasteiger partial charge in [0.15, 0.2) is 0 Å². The van der Waals surface area contributed by atoms with Crippen LogP contribution >= 0.6 is 0 Å². The summed E-state index contributed by atoms with van der Waals surface area (Å²) in [7, 11) is 0. The van der Waals surface area contributed by atoms with Gasteiger partial charge in [-0.1, -0.05) is 365 Å². The average molecular weight is 1180 g/mol. The molecule has 0 radical (unpaired) electrons. The lowest BCUT2D eigenvalue weighted by Crippen LogP contribution is -2.45. The molecule has 2 atom stereocenters. The molecule has 0 saturated heterocycles. The van der Waals surface area contributed by atoms with Gasteiger partial charge in [0.05, 0.1) is 25.4 Å². The van der Waals surface area contributed by atoms with Gasteiger partial charge in [-0.05, 0) is 83.5 Å². The van der Waals surface area contributed by atoms with Crippen molar-refractivity contribution in [1.29, 1.82) is 0 Å². The summed E-state index contributed by atoms with van der Waals surface area (Å²) in [5.41, 5.74) is 0. The number of hydrogen-bond acceptors (Lipinski definition) is 5. The second-order valence-electron chi connectivity index (χ2n) is 26.3. The van der Waals surface area contributed by atoms with Gasteiger partial charge in [-0.25, -0.2) is 0 Å². The van der Waals surface area contributed by atoms with E-state index in [0.717, 1.165) is 51.4 Å². The maximum absolute atomic E-state index is 12.5. The second kappa shape index (κ2) is 73.5. The highest BCUT2D eigenvalue weighted by Gasteiger charge is 2.20. The number of amides is 1. The molecule has 0 aliphatic rings. The van der Waals surface area contributed by atoms with Crippen LogP contribution in [0.4, 0.5) is 0 Å². The van der Waals surface area contributed by atoms with Gasteiger partial charge in [-0.2, -0.15) is 0 Å². The van der Waals surface area contributed by atoms with Crippen LogP contribution in [0.1, 0.15) is 425 Å². The number of allylic oxidation sites excluding steroid dienone is 6.